The van der Waals surface area contributed by atoms with E-state index in [4.69, 9.17) is 4.74 Å². The van der Waals surface area contributed by atoms with E-state index in [0.717, 1.165) is 22.6 Å². The van der Waals surface area contributed by atoms with Gasteiger partial charge >= 0.3 is 0 Å². The van der Waals surface area contributed by atoms with Crippen molar-refractivity contribution >= 4 is 5.91 Å². The molecule has 0 radical (unpaired) electrons. The number of hydrogen-bond acceptors (Lipinski definition) is 4. The number of nitrogens with zero attached hydrogens (tertiary/aromatic N) is 4. The predicted molar refractivity (Wildman–Crippen MR) is 104 cm³/mol. The molecule has 0 fully saturated rings. The summed E-state index contributed by atoms with van der Waals surface area (Å²) in [5, 5.41) is 0. The third-order valence-corrected chi connectivity index (χ3v) is 4.35. The highest BCUT2D eigenvalue weighted by Crippen LogP contribution is 2.23. The Balaban J connectivity index is 1.85. The van der Waals surface area contributed by atoms with E-state index in [2.05, 4.69) is 9.97 Å². The molecule has 3 rings (SSSR count). The summed E-state index contributed by atoms with van der Waals surface area (Å²) in [6.45, 7) is 4.50. The molecule has 0 aliphatic rings. The maximum absolute atomic E-state index is 12.9. The summed E-state index contributed by atoms with van der Waals surface area (Å²) in [6, 6.07) is 11.8. The molecule has 0 saturated carbocycles. The third kappa shape index (κ3) is 4.34. The number of carbonyl (C=O) groups excluding carboxylic acids is 1. The highest BCUT2D eigenvalue weighted by atomic mass is 16.5. The van der Waals surface area contributed by atoms with Crippen LogP contribution >= 0.6 is 0 Å². The molecule has 2 heterocycles. The number of aromatic nitrogens is 3. The van der Waals surface area contributed by atoms with Crippen LogP contribution in [0.4, 0.5) is 0 Å². The van der Waals surface area contributed by atoms with E-state index < -0.39 is 0 Å². The lowest BCUT2D eigenvalue weighted by atomic mass is 10.1. The Morgan fingerprint density at radius 2 is 2.04 bits per heavy atom. The van der Waals surface area contributed by atoms with Gasteiger partial charge in [-0.3, -0.25) is 9.78 Å². The quantitative estimate of drug-likeness (QED) is 0.671. The molecular formula is C21H24N4O2. The molecule has 27 heavy (non-hydrogen) atoms. The molecule has 1 amide bonds. The van der Waals surface area contributed by atoms with Crippen molar-refractivity contribution in [1.82, 2.24) is 19.4 Å². The van der Waals surface area contributed by atoms with E-state index in [0.29, 0.717) is 12.2 Å². The van der Waals surface area contributed by atoms with Crippen LogP contribution in [-0.4, -0.2) is 38.5 Å². The van der Waals surface area contributed by atoms with Crippen molar-refractivity contribution in [3.63, 3.8) is 0 Å². The zero-order valence-electron chi connectivity index (χ0n) is 16.1. The van der Waals surface area contributed by atoms with Crippen LogP contribution in [0.2, 0.25) is 0 Å². The van der Waals surface area contributed by atoms with Gasteiger partial charge in [-0.25, -0.2) is 4.98 Å². The first-order valence-electron chi connectivity index (χ1n) is 8.86. The Hall–Kier alpha value is -3.15. The minimum atomic E-state index is -0.0784. The lowest BCUT2D eigenvalue weighted by Gasteiger charge is -2.26. The Morgan fingerprint density at radius 3 is 2.70 bits per heavy atom. The molecule has 2 aromatic heterocycles. The fourth-order valence-electron chi connectivity index (χ4n) is 2.87. The molecule has 6 heteroatoms. The van der Waals surface area contributed by atoms with Crippen molar-refractivity contribution < 1.29 is 9.53 Å². The second-order valence-corrected chi connectivity index (χ2v) is 6.73. The second-order valence-electron chi connectivity index (χ2n) is 6.73. The Bertz CT molecular complexity index is 933. The lowest BCUT2D eigenvalue weighted by Crippen LogP contribution is -2.36. The van der Waals surface area contributed by atoms with Gasteiger partial charge in [-0.05, 0) is 43.7 Å². The van der Waals surface area contributed by atoms with Crippen LogP contribution in [0.1, 0.15) is 29.9 Å². The standard InChI is InChI=1S/C21H24N4O2/c1-15(2)25(21(26)20-13-24(3)14-23-20)12-16-8-9-22-19(10-16)17-6-5-7-18(11-17)27-4/h5-11,13-15H,12H2,1-4H3. The van der Waals surface area contributed by atoms with Crippen LogP contribution < -0.4 is 4.74 Å². The van der Waals surface area contributed by atoms with Gasteiger partial charge in [0.2, 0.25) is 0 Å². The van der Waals surface area contributed by atoms with Gasteiger partial charge in [-0.2, -0.15) is 0 Å². The largest absolute Gasteiger partial charge is 0.497 e. The first-order valence-corrected chi connectivity index (χ1v) is 8.86. The van der Waals surface area contributed by atoms with E-state index in [9.17, 15) is 4.79 Å². The van der Waals surface area contributed by atoms with Gasteiger partial charge < -0.3 is 14.2 Å². The van der Waals surface area contributed by atoms with Crippen molar-refractivity contribution in [2.75, 3.05) is 7.11 Å². The predicted octanol–water partition coefficient (Wildman–Crippen LogP) is 3.54. The van der Waals surface area contributed by atoms with Crippen LogP contribution in [0.3, 0.4) is 0 Å². The molecule has 0 spiro atoms. The number of benzene rings is 1. The Labute approximate surface area is 159 Å². The molecule has 140 valence electrons. The van der Waals surface area contributed by atoms with Gasteiger partial charge in [0.1, 0.15) is 11.4 Å². The summed E-state index contributed by atoms with van der Waals surface area (Å²) in [6.07, 6.45) is 5.15. The van der Waals surface area contributed by atoms with Crippen molar-refractivity contribution in [2.45, 2.75) is 26.4 Å². The topological polar surface area (TPSA) is 60.2 Å². The summed E-state index contributed by atoms with van der Waals surface area (Å²) < 4.78 is 7.07. The normalized spacial score (nSPS) is 10.9. The number of ether oxygens (including phenoxy) is 1. The van der Waals surface area contributed by atoms with Gasteiger partial charge in [0.15, 0.2) is 0 Å². The molecule has 0 aliphatic heterocycles. The van der Waals surface area contributed by atoms with Crippen LogP contribution in [0.25, 0.3) is 11.3 Å². The van der Waals surface area contributed by atoms with Gasteiger partial charge in [0.25, 0.3) is 5.91 Å². The van der Waals surface area contributed by atoms with Crippen molar-refractivity contribution in [1.29, 1.82) is 0 Å². The van der Waals surface area contributed by atoms with E-state index in [1.807, 2.05) is 62.2 Å². The molecule has 1 aromatic carbocycles. The van der Waals surface area contributed by atoms with Crippen LogP contribution in [0.15, 0.2) is 55.1 Å². The van der Waals surface area contributed by atoms with Gasteiger partial charge in [-0.15, -0.1) is 0 Å². The van der Waals surface area contributed by atoms with E-state index in [1.54, 1.807) is 30.4 Å². The molecule has 0 aliphatic carbocycles. The van der Waals surface area contributed by atoms with Crippen molar-refractivity contribution in [3.05, 3.63) is 66.4 Å². The van der Waals surface area contributed by atoms with E-state index in [-0.39, 0.29) is 11.9 Å². The number of carbonyl (C=O) groups is 1. The first-order chi connectivity index (χ1) is 13.0. The molecule has 0 atom stereocenters. The maximum Gasteiger partial charge on any atom is 0.274 e. The fraction of sp³-hybridized carbons (Fsp3) is 0.286. The monoisotopic (exact) mass is 364 g/mol. The first kappa shape index (κ1) is 18.6. The minimum absolute atomic E-state index is 0.0490. The molecule has 0 N–H and O–H groups in total. The highest BCUT2D eigenvalue weighted by Gasteiger charge is 2.21. The van der Waals surface area contributed by atoms with Crippen LogP contribution in [-0.2, 0) is 13.6 Å². The van der Waals surface area contributed by atoms with Crippen molar-refractivity contribution in [2.24, 2.45) is 7.05 Å². The number of amides is 1. The number of hydrogen-bond donors (Lipinski definition) is 0. The second kappa shape index (κ2) is 8.03. The smallest absolute Gasteiger partial charge is 0.274 e. The minimum Gasteiger partial charge on any atom is -0.497 e. The summed E-state index contributed by atoms with van der Waals surface area (Å²) >= 11 is 0. The number of methoxy groups -OCH3 is 1. The highest BCUT2D eigenvalue weighted by molar-refractivity contribution is 5.92. The summed E-state index contributed by atoms with van der Waals surface area (Å²) in [5.41, 5.74) is 3.29. The van der Waals surface area contributed by atoms with Gasteiger partial charge in [0, 0.05) is 37.6 Å². The fourth-order valence-corrected chi connectivity index (χ4v) is 2.87. The summed E-state index contributed by atoms with van der Waals surface area (Å²) in [5.74, 6) is 0.708. The summed E-state index contributed by atoms with van der Waals surface area (Å²) in [4.78, 5) is 23.3. The van der Waals surface area contributed by atoms with Crippen LogP contribution in [0, 0.1) is 0 Å². The average molecular weight is 364 g/mol. The SMILES string of the molecule is COc1cccc(-c2cc(CN(C(=O)c3cn(C)cn3)C(C)C)ccn2)c1. The molecule has 0 bridgehead atoms. The summed E-state index contributed by atoms with van der Waals surface area (Å²) in [7, 11) is 3.50. The van der Waals surface area contributed by atoms with E-state index >= 15 is 0 Å². The number of imidazole rings is 1. The van der Waals surface area contributed by atoms with Gasteiger partial charge in [-0.1, -0.05) is 12.1 Å². The average Bonchev–Trinajstić information content (AvgIpc) is 3.12. The van der Waals surface area contributed by atoms with Gasteiger partial charge in [0.05, 0.1) is 19.1 Å². The maximum atomic E-state index is 12.9. The zero-order chi connectivity index (χ0) is 19.4. The van der Waals surface area contributed by atoms with E-state index in [1.165, 1.54) is 0 Å². The molecule has 3 aromatic rings. The molecular weight excluding hydrogens is 340 g/mol. The number of rotatable bonds is 6. The number of aryl methyl sites for hydroxylation is 1. The van der Waals surface area contributed by atoms with Crippen LogP contribution in [0.5, 0.6) is 5.75 Å². The number of pyridine rings is 1. The Kier molecular flexibility index (Phi) is 5.54. The van der Waals surface area contributed by atoms with Crippen molar-refractivity contribution in [3.8, 4) is 17.0 Å². The lowest BCUT2D eigenvalue weighted by molar-refractivity contribution is 0.0684. The Morgan fingerprint density at radius 1 is 1.22 bits per heavy atom. The third-order valence-electron chi connectivity index (χ3n) is 4.35. The molecule has 0 unspecified atom stereocenters. The molecule has 6 nitrogen and oxygen atoms in total. The molecule has 0 saturated heterocycles. The zero-order valence-corrected chi connectivity index (χ0v) is 16.1.